The first kappa shape index (κ1) is 25.1. The highest BCUT2D eigenvalue weighted by Gasteiger charge is 2.54. The van der Waals surface area contributed by atoms with Crippen molar-refractivity contribution >= 4 is 28.1 Å². The van der Waals surface area contributed by atoms with Crippen molar-refractivity contribution in [3.63, 3.8) is 0 Å². The molecule has 1 saturated carbocycles. The Morgan fingerprint density at radius 1 is 1.35 bits per heavy atom. The lowest BCUT2D eigenvalue weighted by Gasteiger charge is -2.53. The van der Waals surface area contributed by atoms with Crippen LogP contribution in [0, 0.1) is 23.2 Å². The smallest absolute Gasteiger partial charge is 0.225 e. The van der Waals surface area contributed by atoms with E-state index in [1.807, 2.05) is 45.1 Å². The number of hydrogen-bond acceptors (Lipinski definition) is 7. The first-order valence-electron chi connectivity index (χ1n) is 12.3. The normalized spacial score (nSPS) is 29.3. The molecule has 2 N–H and O–H groups in total. The van der Waals surface area contributed by atoms with Gasteiger partial charge in [-0.2, -0.15) is 0 Å². The van der Waals surface area contributed by atoms with Crippen LogP contribution >= 0.6 is 11.3 Å². The van der Waals surface area contributed by atoms with Crippen molar-refractivity contribution in [3.05, 3.63) is 35.1 Å². The highest BCUT2D eigenvalue weighted by atomic mass is 32.1. The Morgan fingerprint density at radius 2 is 2.12 bits per heavy atom. The van der Waals surface area contributed by atoms with E-state index in [4.69, 9.17) is 4.98 Å². The fraction of sp³-hybridized carbons (Fsp3) is 0.654. The molecule has 2 aromatic heterocycles. The van der Waals surface area contributed by atoms with Crippen molar-refractivity contribution in [2.75, 3.05) is 39.5 Å². The quantitative estimate of drug-likeness (QED) is 0.617. The Morgan fingerprint density at radius 3 is 2.79 bits per heavy atom. The molecule has 2 aromatic rings. The number of hydrogen-bond donors (Lipinski definition) is 2. The molecule has 8 heteroatoms. The van der Waals surface area contributed by atoms with E-state index in [0.29, 0.717) is 6.54 Å². The van der Waals surface area contributed by atoms with E-state index in [-0.39, 0.29) is 35.0 Å². The molecule has 34 heavy (non-hydrogen) atoms. The fourth-order valence-corrected chi connectivity index (χ4v) is 7.44. The molecular formula is C26H39N5O2S. The molecule has 6 atom stereocenters. The van der Waals surface area contributed by atoms with Crippen LogP contribution in [-0.2, 0) is 11.2 Å². The number of carbonyl (C=O) groups is 1. The second-order valence-corrected chi connectivity index (χ2v) is 12.0. The van der Waals surface area contributed by atoms with Crippen LogP contribution in [0.1, 0.15) is 50.1 Å². The van der Waals surface area contributed by atoms with Crippen LogP contribution in [0.5, 0.6) is 0 Å². The summed E-state index contributed by atoms with van der Waals surface area (Å²) in [7, 11) is 5.91. The highest BCUT2D eigenvalue weighted by Crippen LogP contribution is 2.57. The number of anilines is 2. The average molecular weight is 486 g/mol. The lowest BCUT2D eigenvalue weighted by molar-refractivity contribution is -0.143. The minimum atomic E-state index is -0.514. The number of aromatic nitrogens is 2. The van der Waals surface area contributed by atoms with Gasteiger partial charge >= 0.3 is 0 Å². The number of amides is 1. The zero-order chi connectivity index (χ0) is 24.6. The molecule has 6 unspecified atom stereocenters. The number of likely N-dealkylation sites (N-methyl/N-ethyl adjacent to an activating group) is 2. The van der Waals surface area contributed by atoms with E-state index in [1.54, 1.807) is 23.7 Å². The molecular weight excluding hydrogens is 446 g/mol. The number of fused-ring (bicyclic) bond motifs is 2. The number of carbonyl (C=O) groups excluding carboxylic acids is 1. The van der Waals surface area contributed by atoms with Crippen LogP contribution in [0.3, 0.4) is 0 Å². The third-order valence-electron chi connectivity index (χ3n) is 8.13. The number of aliphatic hydroxyl groups excluding tert-OH is 1. The highest BCUT2D eigenvalue weighted by molar-refractivity contribution is 7.15. The maximum Gasteiger partial charge on any atom is 0.225 e. The van der Waals surface area contributed by atoms with Gasteiger partial charge < -0.3 is 20.2 Å². The molecule has 1 fully saturated rings. The second kappa shape index (κ2) is 9.91. The Labute approximate surface area is 207 Å². The molecule has 1 amide bonds. The summed E-state index contributed by atoms with van der Waals surface area (Å²) in [6.45, 7) is 8.06. The molecule has 0 aliphatic heterocycles. The van der Waals surface area contributed by atoms with E-state index >= 15 is 0 Å². The fourth-order valence-electron chi connectivity index (χ4n) is 6.15. The van der Waals surface area contributed by atoms with Gasteiger partial charge in [0.15, 0.2) is 5.13 Å². The topological polar surface area (TPSA) is 81.6 Å². The summed E-state index contributed by atoms with van der Waals surface area (Å²) in [4.78, 5) is 27.5. The molecule has 2 aliphatic rings. The van der Waals surface area contributed by atoms with Crippen LogP contribution < -0.4 is 5.32 Å². The number of rotatable bonds is 7. The predicted octanol–water partition coefficient (Wildman–Crippen LogP) is 3.99. The van der Waals surface area contributed by atoms with Crippen LogP contribution in [0.4, 0.5) is 10.8 Å². The molecule has 0 radical (unpaired) electrons. The Kier molecular flexibility index (Phi) is 7.31. The van der Waals surface area contributed by atoms with Gasteiger partial charge in [0.25, 0.3) is 0 Å². The molecule has 7 nitrogen and oxygen atoms in total. The van der Waals surface area contributed by atoms with E-state index < -0.39 is 6.10 Å². The monoisotopic (exact) mass is 485 g/mol. The van der Waals surface area contributed by atoms with Gasteiger partial charge in [-0.1, -0.05) is 20.8 Å². The third-order valence-corrected chi connectivity index (χ3v) is 9.11. The minimum absolute atomic E-state index is 0.0139. The van der Waals surface area contributed by atoms with Gasteiger partial charge in [-0.25, -0.2) is 4.98 Å². The SMILES string of the molecule is CC(C(=O)N(C)CCN(C)C)C1CCC2(C)Cc3sc(Nc4cccnc4)nc3C(C)C2C1O. The maximum atomic E-state index is 13.2. The summed E-state index contributed by atoms with van der Waals surface area (Å²) in [6, 6.07) is 3.89. The van der Waals surface area contributed by atoms with E-state index in [2.05, 4.69) is 29.0 Å². The summed E-state index contributed by atoms with van der Waals surface area (Å²) in [6.07, 6.45) is 5.87. The van der Waals surface area contributed by atoms with Gasteiger partial charge in [0.05, 0.1) is 23.7 Å². The van der Waals surface area contributed by atoms with Gasteiger partial charge in [-0.15, -0.1) is 11.3 Å². The lowest BCUT2D eigenvalue weighted by atomic mass is 9.53. The third kappa shape index (κ3) is 4.86. The summed E-state index contributed by atoms with van der Waals surface area (Å²) < 4.78 is 0. The molecule has 0 saturated heterocycles. The van der Waals surface area contributed by atoms with Crippen molar-refractivity contribution in [1.29, 1.82) is 0 Å². The molecule has 0 bridgehead atoms. The summed E-state index contributed by atoms with van der Waals surface area (Å²) >= 11 is 1.72. The van der Waals surface area contributed by atoms with Crippen LogP contribution in [0.2, 0.25) is 0 Å². The van der Waals surface area contributed by atoms with Crippen LogP contribution in [-0.4, -0.2) is 71.1 Å². The number of aliphatic hydroxyl groups is 1. The first-order chi connectivity index (χ1) is 16.1. The number of pyridine rings is 1. The zero-order valence-corrected chi connectivity index (χ0v) is 22.1. The summed E-state index contributed by atoms with van der Waals surface area (Å²) in [5.74, 6) is 0.146. The summed E-state index contributed by atoms with van der Waals surface area (Å²) in [5.41, 5.74) is 2.04. The van der Waals surface area contributed by atoms with Gasteiger partial charge in [0.2, 0.25) is 5.91 Å². The molecule has 0 aromatic carbocycles. The maximum absolute atomic E-state index is 13.2. The lowest BCUT2D eigenvalue weighted by Crippen LogP contribution is -2.53. The van der Waals surface area contributed by atoms with Crippen molar-refractivity contribution in [2.45, 2.75) is 52.1 Å². The number of nitrogens with one attached hydrogen (secondary N) is 1. The van der Waals surface area contributed by atoms with Gasteiger partial charge in [0.1, 0.15) is 0 Å². The average Bonchev–Trinajstić information content (AvgIpc) is 3.19. The minimum Gasteiger partial charge on any atom is -0.392 e. The second-order valence-electron chi connectivity index (χ2n) is 10.9. The van der Waals surface area contributed by atoms with Crippen LogP contribution in [0.25, 0.3) is 0 Å². The summed E-state index contributed by atoms with van der Waals surface area (Å²) in [5, 5.41) is 15.9. The zero-order valence-electron chi connectivity index (χ0n) is 21.3. The largest absolute Gasteiger partial charge is 0.392 e. The van der Waals surface area contributed by atoms with Crippen molar-refractivity contribution in [2.24, 2.45) is 23.2 Å². The van der Waals surface area contributed by atoms with Crippen molar-refractivity contribution < 1.29 is 9.90 Å². The molecule has 2 heterocycles. The Bertz CT molecular complexity index is 996. The van der Waals surface area contributed by atoms with Crippen LogP contribution in [0.15, 0.2) is 24.5 Å². The first-order valence-corrected chi connectivity index (χ1v) is 13.2. The molecule has 0 spiro atoms. The van der Waals surface area contributed by atoms with E-state index in [1.165, 1.54) is 4.88 Å². The molecule has 186 valence electrons. The Balaban J connectivity index is 1.51. The standard InChI is InChI=1S/C26H39N5O2S/c1-16(24(33)31(6)13-12-30(4)5)19-9-10-26(3)14-20-22(17(2)21(26)23(19)32)29-25(34-20)28-18-8-7-11-27-15-18/h7-8,11,15-17,19,21,23,32H,9-10,12-14H2,1-6H3,(H,28,29). The Hall–Kier alpha value is -2.03. The van der Waals surface area contributed by atoms with E-state index in [0.717, 1.165) is 42.3 Å². The predicted molar refractivity (Wildman–Crippen MR) is 137 cm³/mol. The number of thiazole rings is 1. The van der Waals surface area contributed by atoms with Crippen molar-refractivity contribution in [1.82, 2.24) is 19.8 Å². The van der Waals surface area contributed by atoms with Gasteiger partial charge in [-0.3, -0.25) is 9.78 Å². The molecule has 4 rings (SSSR count). The molecule has 2 aliphatic carbocycles. The van der Waals surface area contributed by atoms with E-state index in [9.17, 15) is 9.90 Å². The number of nitrogens with zero attached hydrogens (tertiary/aromatic N) is 4. The van der Waals surface area contributed by atoms with Crippen molar-refractivity contribution in [3.8, 4) is 0 Å². The van der Waals surface area contributed by atoms with Gasteiger partial charge in [-0.05, 0) is 62.7 Å². The van der Waals surface area contributed by atoms with Gasteiger partial charge in [0, 0.05) is 43.0 Å².